The van der Waals surface area contributed by atoms with Crippen LogP contribution >= 0.6 is 0 Å². The first-order chi connectivity index (χ1) is 16.5. The second-order valence-corrected chi connectivity index (χ2v) is 8.03. The lowest BCUT2D eigenvalue weighted by Crippen LogP contribution is -2.17. The number of aromatic hydroxyl groups is 1. The molecule has 4 heterocycles. The Kier molecular flexibility index (Phi) is 5.43. The molecule has 1 aliphatic rings. The molecule has 0 bridgehead atoms. The fourth-order valence-corrected chi connectivity index (χ4v) is 3.93. The Labute approximate surface area is 195 Å². The van der Waals surface area contributed by atoms with Crippen molar-refractivity contribution < 1.29 is 9.90 Å². The lowest BCUT2D eigenvalue weighted by atomic mass is 10.1. The molecule has 0 fully saturated rings. The van der Waals surface area contributed by atoms with E-state index in [4.69, 9.17) is 15.8 Å². The molecule has 0 saturated carbocycles. The highest BCUT2D eigenvalue weighted by Crippen LogP contribution is 2.30. The molecule has 1 amide bonds. The second kappa shape index (κ2) is 8.70. The highest BCUT2D eigenvalue weighted by molar-refractivity contribution is 5.92. The number of aryl methyl sites for hydroxylation is 1. The van der Waals surface area contributed by atoms with Crippen LogP contribution in [0.25, 0.3) is 16.9 Å². The van der Waals surface area contributed by atoms with Crippen LogP contribution < -0.4 is 10.6 Å². The zero-order chi connectivity index (χ0) is 23.7. The van der Waals surface area contributed by atoms with Gasteiger partial charge in [-0.25, -0.2) is 9.50 Å². The number of aromatic nitrogens is 5. The Bertz CT molecular complexity index is 1450. The summed E-state index contributed by atoms with van der Waals surface area (Å²) >= 11 is 0. The predicted molar refractivity (Wildman–Crippen MR) is 128 cm³/mol. The molecule has 0 radical (unpaired) electrons. The van der Waals surface area contributed by atoms with Gasteiger partial charge in [0.2, 0.25) is 0 Å². The molecule has 0 saturated heterocycles. The van der Waals surface area contributed by atoms with Gasteiger partial charge in [-0.15, -0.1) is 0 Å². The van der Waals surface area contributed by atoms with Crippen LogP contribution in [0.1, 0.15) is 21.6 Å². The number of anilines is 1. The fraction of sp³-hybridized carbons (Fsp3) is 0.120. The first kappa shape index (κ1) is 21.2. The first-order valence-corrected chi connectivity index (χ1v) is 10.7. The number of phenolic OH excluding ortho intramolecular Hbond substituents is 1. The number of benzene rings is 2. The maximum absolute atomic E-state index is 11.6. The molecule has 3 aromatic heterocycles. The van der Waals surface area contributed by atoms with E-state index >= 15 is 0 Å². The lowest BCUT2D eigenvalue weighted by Gasteiger charge is -2.18. The topological polar surface area (TPSA) is 115 Å². The summed E-state index contributed by atoms with van der Waals surface area (Å²) in [6, 6.07) is 20.7. The number of nitrogens with zero attached hydrogens (tertiary/aromatic N) is 6. The van der Waals surface area contributed by atoms with E-state index in [2.05, 4.69) is 39.4 Å². The van der Waals surface area contributed by atoms with Gasteiger partial charge in [0, 0.05) is 44.0 Å². The average molecular weight is 454 g/mol. The molecule has 3 N–H and O–H groups in total. The standard InChI is InChI=1S/C19H17N7O.C6H6O/c1-24-9-14(8-21-24)16-7-17(22-18-6-15(19(20)27)23-26(16)18)25-10-12-4-2-3-5-13(12)11-25;7-6-4-2-1-3-5-6/h2-9H,10-11H2,1H3,(H2,20,27);1-5,7H. The molecule has 0 atom stereocenters. The van der Waals surface area contributed by atoms with Gasteiger partial charge in [-0.1, -0.05) is 42.5 Å². The van der Waals surface area contributed by atoms with E-state index in [0.717, 1.165) is 30.2 Å². The zero-order valence-electron chi connectivity index (χ0n) is 18.5. The summed E-state index contributed by atoms with van der Waals surface area (Å²) in [5, 5.41) is 17.2. The van der Waals surface area contributed by atoms with Crippen molar-refractivity contribution >= 4 is 17.4 Å². The SMILES string of the molecule is Cn1cc(-c2cc(N3Cc4ccccc4C3)nc3cc(C(N)=O)nn23)cn1.Oc1ccccc1. The molecule has 6 rings (SSSR count). The number of primary amides is 1. The van der Waals surface area contributed by atoms with E-state index in [9.17, 15) is 4.79 Å². The highest BCUT2D eigenvalue weighted by atomic mass is 16.3. The second-order valence-electron chi connectivity index (χ2n) is 8.03. The van der Waals surface area contributed by atoms with Gasteiger partial charge >= 0.3 is 0 Å². The number of rotatable bonds is 3. The summed E-state index contributed by atoms with van der Waals surface area (Å²) in [7, 11) is 1.86. The van der Waals surface area contributed by atoms with Crippen molar-refractivity contribution in [3.05, 3.63) is 95.9 Å². The van der Waals surface area contributed by atoms with Crippen molar-refractivity contribution in [3.8, 4) is 17.0 Å². The highest BCUT2D eigenvalue weighted by Gasteiger charge is 2.22. The summed E-state index contributed by atoms with van der Waals surface area (Å²) < 4.78 is 3.37. The summed E-state index contributed by atoms with van der Waals surface area (Å²) in [4.78, 5) is 18.5. The Morgan fingerprint density at radius 3 is 2.24 bits per heavy atom. The molecule has 9 heteroatoms. The molecule has 34 heavy (non-hydrogen) atoms. The first-order valence-electron chi connectivity index (χ1n) is 10.7. The monoisotopic (exact) mass is 453 g/mol. The minimum absolute atomic E-state index is 0.189. The van der Waals surface area contributed by atoms with E-state index < -0.39 is 5.91 Å². The van der Waals surface area contributed by atoms with Gasteiger partial charge < -0.3 is 15.7 Å². The summed E-state index contributed by atoms with van der Waals surface area (Å²) in [6.07, 6.45) is 3.67. The number of nitrogens with two attached hydrogens (primary N) is 1. The number of para-hydroxylation sites is 1. The third-order valence-corrected chi connectivity index (χ3v) is 5.59. The number of carbonyl (C=O) groups excluding carboxylic acids is 1. The van der Waals surface area contributed by atoms with Gasteiger partial charge in [0.05, 0.1) is 11.9 Å². The van der Waals surface area contributed by atoms with Crippen LogP contribution in [0.15, 0.2) is 79.1 Å². The number of phenols is 1. The summed E-state index contributed by atoms with van der Waals surface area (Å²) in [6.45, 7) is 1.59. The summed E-state index contributed by atoms with van der Waals surface area (Å²) in [5.41, 5.74) is 10.5. The molecule has 9 nitrogen and oxygen atoms in total. The van der Waals surface area contributed by atoms with E-state index in [1.807, 2.05) is 25.4 Å². The van der Waals surface area contributed by atoms with Crippen molar-refractivity contribution in [2.45, 2.75) is 13.1 Å². The molecule has 170 valence electrons. The van der Waals surface area contributed by atoms with E-state index in [-0.39, 0.29) is 5.69 Å². The molecular formula is C25H23N7O2. The van der Waals surface area contributed by atoms with Gasteiger partial charge in [-0.2, -0.15) is 10.2 Å². The maximum Gasteiger partial charge on any atom is 0.269 e. The van der Waals surface area contributed by atoms with Crippen molar-refractivity contribution in [1.29, 1.82) is 0 Å². The van der Waals surface area contributed by atoms with Crippen LogP contribution in [-0.2, 0) is 20.1 Å². The zero-order valence-corrected chi connectivity index (χ0v) is 18.5. The van der Waals surface area contributed by atoms with E-state index in [1.54, 1.807) is 45.7 Å². The smallest absolute Gasteiger partial charge is 0.269 e. The predicted octanol–water partition coefficient (Wildman–Crippen LogP) is 3.14. The molecular weight excluding hydrogens is 430 g/mol. The minimum atomic E-state index is -0.576. The van der Waals surface area contributed by atoms with Crippen LogP contribution in [-0.4, -0.2) is 35.4 Å². The summed E-state index contributed by atoms with van der Waals surface area (Å²) in [5.74, 6) is 0.573. The normalized spacial score (nSPS) is 12.3. The molecule has 0 spiro atoms. The number of fused-ring (bicyclic) bond motifs is 2. The largest absolute Gasteiger partial charge is 0.508 e. The van der Waals surface area contributed by atoms with Crippen LogP contribution in [0.4, 0.5) is 5.82 Å². The fourth-order valence-electron chi connectivity index (χ4n) is 3.93. The Hall–Kier alpha value is -4.66. The van der Waals surface area contributed by atoms with Crippen molar-refractivity contribution in [1.82, 2.24) is 24.4 Å². The van der Waals surface area contributed by atoms with E-state index in [1.165, 1.54) is 11.1 Å². The maximum atomic E-state index is 11.6. The molecule has 0 aliphatic carbocycles. The third kappa shape index (κ3) is 4.18. The van der Waals surface area contributed by atoms with Gasteiger partial charge in [0.25, 0.3) is 5.91 Å². The Morgan fingerprint density at radius 2 is 1.68 bits per heavy atom. The number of carbonyl (C=O) groups is 1. The van der Waals surface area contributed by atoms with Gasteiger partial charge in [-0.3, -0.25) is 9.48 Å². The quantitative estimate of drug-likeness (QED) is 0.434. The van der Waals surface area contributed by atoms with Crippen LogP contribution in [0.5, 0.6) is 5.75 Å². The van der Waals surface area contributed by atoms with Crippen LogP contribution in [0.3, 0.4) is 0 Å². The Balaban J connectivity index is 0.000000297. The van der Waals surface area contributed by atoms with Crippen molar-refractivity contribution in [2.24, 2.45) is 12.8 Å². The van der Waals surface area contributed by atoms with Gasteiger partial charge in [-0.05, 0) is 23.3 Å². The third-order valence-electron chi connectivity index (χ3n) is 5.59. The van der Waals surface area contributed by atoms with Crippen molar-refractivity contribution in [2.75, 3.05) is 4.90 Å². The van der Waals surface area contributed by atoms with E-state index in [0.29, 0.717) is 11.4 Å². The average Bonchev–Trinajstić information content (AvgIpc) is 3.57. The van der Waals surface area contributed by atoms with Gasteiger partial charge in [0.1, 0.15) is 11.6 Å². The number of hydrogen-bond donors (Lipinski definition) is 2. The number of hydrogen-bond acceptors (Lipinski definition) is 6. The molecule has 1 aliphatic heterocycles. The number of amides is 1. The van der Waals surface area contributed by atoms with Crippen LogP contribution in [0, 0.1) is 0 Å². The minimum Gasteiger partial charge on any atom is -0.508 e. The lowest BCUT2D eigenvalue weighted by molar-refractivity contribution is 0.0995. The molecule has 0 unspecified atom stereocenters. The van der Waals surface area contributed by atoms with Crippen molar-refractivity contribution in [3.63, 3.8) is 0 Å². The van der Waals surface area contributed by atoms with Gasteiger partial charge in [0.15, 0.2) is 11.3 Å². The molecule has 2 aromatic carbocycles. The Morgan fingerprint density at radius 1 is 1.00 bits per heavy atom. The van der Waals surface area contributed by atoms with Crippen LogP contribution in [0.2, 0.25) is 0 Å². The molecule has 5 aromatic rings.